The molecule has 1 aliphatic heterocycles. The molecule has 1 aliphatic rings. The molecule has 5 heteroatoms. The number of carbonyl (C=O) groups is 2. The third-order valence-corrected chi connectivity index (χ3v) is 4.04. The number of amides is 1. The molecule has 1 saturated heterocycles. The molecule has 2 aromatic rings. The Balaban J connectivity index is 0.00000208. The van der Waals surface area contributed by atoms with Crippen molar-refractivity contribution in [3.05, 3.63) is 65.7 Å². The number of hydrogen-bond donors (Lipinski definition) is 2. The molecule has 2 aromatic carbocycles. The lowest BCUT2D eigenvalue weighted by Crippen LogP contribution is -2.27. The van der Waals surface area contributed by atoms with Gasteiger partial charge in [-0.25, -0.2) is 0 Å². The van der Waals surface area contributed by atoms with E-state index >= 15 is 0 Å². The molecule has 0 aromatic heterocycles. The fourth-order valence-corrected chi connectivity index (χ4v) is 2.86. The van der Waals surface area contributed by atoms with Crippen LogP contribution in [0.15, 0.2) is 54.6 Å². The fraction of sp³-hybridized carbons (Fsp3) is 0.263. The molecule has 2 N–H and O–H groups in total. The van der Waals surface area contributed by atoms with Crippen molar-refractivity contribution in [1.29, 1.82) is 0 Å². The maximum absolute atomic E-state index is 12.4. The number of halogens is 1. The van der Waals surface area contributed by atoms with Crippen LogP contribution in [0, 0.1) is 0 Å². The molecule has 24 heavy (non-hydrogen) atoms. The standard InChI is InChI=1S/C19H20N2O2.ClH/c22-18(13-16-10-5-11-20-16)21-17-9-4-8-15(12-17)19(23)14-6-2-1-3-7-14;/h1-4,6-9,12,16,20H,5,10-11,13H2,(H,21,22);1H. The molecule has 0 bridgehead atoms. The van der Waals surface area contributed by atoms with Crippen molar-refractivity contribution in [2.24, 2.45) is 0 Å². The van der Waals surface area contributed by atoms with Gasteiger partial charge in [-0.05, 0) is 31.5 Å². The largest absolute Gasteiger partial charge is 0.326 e. The highest BCUT2D eigenvalue weighted by Crippen LogP contribution is 2.16. The summed E-state index contributed by atoms with van der Waals surface area (Å²) >= 11 is 0. The van der Waals surface area contributed by atoms with Crippen LogP contribution in [-0.2, 0) is 4.79 Å². The van der Waals surface area contributed by atoms with Crippen LogP contribution in [-0.4, -0.2) is 24.3 Å². The van der Waals surface area contributed by atoms with Gasteiger partial charge in [-0.1, -0.05) is 42.5 Å². The highest BCUT2D eigenvalue weighted by atomic mass is 35.5. The van der Waals surface area contributed by atoms with Crippen molar-refractivity contribution < 1.29 is 9.59 Å². The van der Waals surface area contributed by atoms with Gasteiger partial charge >= 0.3 is 0 Å². The van der Waals surface area contributed by atoms with E-state index in [0.717, 1.165) is 19.4 Å². The molecule has 0 aliphatic carbocycles. The zero-order chi connectivity index (χ0) is 16.1. The second kappa shape index (κ2) is 8.62. The van der Waals surface area contributed by atoms with E-state index in [1.807, 2.05) is 24.3 Å². The highest BCUT2D eigenvalue weighted by molar-refractivity contribution is 6.09. The first-order valence-corrected chi connectivity index (χ1v) is 7.95. The van der Waals surface area contributed by atoms with Gasteiger partial charge in [0.2, 0.25) is 5.91 Å². The van der Waals surface area contributed by atoms with E-state index in [0.29, 0.717) is 23.2 Å². The Bertz CT molecular complexity index is 698. The van der Waals surface area contributed by atoms with Gasteiger partial charge in [0.15, 0.2) is 5.78 Å². The molecule has 1 fully saturated rings. The lowest BCUT2D eigenvalue weighted by molar-refractivity contribution is -0.116. The topological polar surface area (TPSA) is 58.2 Å². The van der Waals surface area contributed by atoms with Gasteiger partial charge in [-0.2, -0.15) is 0 Å². The molecule has 0 radical (unpaired) electrons. The molecule has 126 valence electrons. The average Bonchev–Trinajstić information content (AvgIpc) is 3.08. The normalized spacial score (nSPS) is 16.2. The van der Waals surface area contributed by atoms with Gasteiger partial charge in [0.25, 0.3) is 0 Å². The number of hydrogen-bond acceptors (Lipinski definition) is 3. The minimum Gasteiger partial charge on any atom is -0.326 e. The van der Waals surface area contributed by atoms with Crippen molar-refractivity contribution in [3.63, 3.8) is 0 Å². The van der Waals surface area contributed by atoms with Gasteiger partial charge in [-0.3, -0.25) is 9.59 Å². The summed E-state index contributed by atoms with van der Waals surface area (Å²) in [4.78, 5) is 24.5. The van der Waals surface area contributed by atoms with E-state index < -0.39 is 0 Å². The Kier molecular flexibility index (Phi) is 6.53. The summed E-state index contributed by atoms with van der Waals surface area (Å²) in [6.07, 6.45) is 2.63. The van der Waals surface area contributed by atoms with Crippen molar-refractivity contribution in [3.8, 4) is 0 Å². The molecule has 4 nitrogen and oxygen atoms in total. The summed E-state index contributed by atoms with van der Waals surface area (Å²) in [5, 5.41) is 6.19. The number of ketones is 1. The molecule has 3 rings (SSSR count). The van der Waals surface area contributed by atoms with Crippen LogP contribution in [0.2, 0.25) is 0 Å². The van der Waals surface area contributed by atoms with E-state index in [9.17, 15) is 9.59 Å². The SMILES string of the molecule is Cl.O=C(CC1CCCN1)Nc1cccc(C(=O)c2ccccc2)c1. The number of anilines is 1. The molecule has 1 atom stereocenters. The first-order chi connectivity index (χ1) is 11.2. The molecule has 1 unspecified atom stereocenters. The summed E-state index contributed by atoms with van der Waals surface area (Å²) in [5.74, 6) is -0.0622. The zero-order valence-corrected chi connectivity index (χ0v) is 14.1. The molecule has 1 amide bonds. The van der Waals surface area contributed by atoms with Crippen LogP contribution in [0.25, 0.3) is 0 Å². The van der Waals surface area contributed by atoms with Gasteiger partial charge in [0.05, 0.1) is 0 Å². The molecule has 1 heterocycles. The predicted molar refractivity (Wildman–Crippen MR) is 97.8 cm³/mol. The minimum atomic E-state index is -0.0424. The van der Waals surface area contributed by atoms with Crippen LogP contribution >= 0.6 is 12.4 Å². The van der Waals surface area contributed by atoms with Crippen molar-refractivity contribution in [2.75, 3.05) is 11.9 Å². The second-order valence-electron chi connectivity index (χ2n) is 5.82. The lowest BCUT2D eigenvalue weighted by atomic mass is 10.0. The summed E-state index contributed by atoms with van der Waals surface area (Å²) in [7, 11) is 0. The number of nitrogens with one attached hydrogen (secondary N) is 2. The molecule has 0 saturated carbocycles. The smallest absolute Gasteiger partial charge is 0.225 e. The number of benzene rings is 2. The maximum atomic E-state index is 12.4. The van der Waals surface area contributed by atoms with E-state index in [1.54, 1.807) is 30.3 Å². The number of carbonyl (C=O) groups excluding carboxylic acids is 2. The monoisotopic (exact) mass is 344 g/mol. The molecular formula is C19H21ClN2O2. The Morgan fingerprint density at radius 3 is 2.50 bits per heavy atom. The summed E-state index contributed by atoms with van der Waals surface area (Å²) < 4.78 is 0. The van der Waals surface area contributed by atoms with Crippen molar-refractivity contribution in [2.45, 2.75) is 25.3 Å². The predicted octanol–water partition coefficient (Wildman–Crippen LogP) is 3.42. The third-order valence-electron chi connectivity index (χ3n) is 4.04. The van der Waals surface area contributed by atoms with E-state index in [1.165, 1.54) is 0 Å². The lowest BCUT2D eigenvalue weighted by Gasteiger charge is -2.11. The zero-order valence-electron chi connectivity index (χ0n) is 13.3. The fourth-order valence-electron chi connectivity index (χ4n) is 2.86. The number of rotatable bonds is 5. The summed E-state index contributed by atoms with van der Waals surface area (Å²) in [6.45, 7) is 0.985. The third kappa shape index (κ3) is 4.66. The Labute approximate surface area is 148 Å². The first kappa shape index (κ1) is 18.2. The molecular weight excluding hydrogens is 324 g/mol. The van der Waals surface area contributed by atoms with Gasteiger partial charge in [0.1, 0.15) is 0 Å². The summed E-state index contributed by atoms with van der Waals surface area (Å²) in [5.41, 5.74) is 1.88. The van der Waals surface area contributed by atoms with E-state index in [-0.39, 0.29) is 30.1 Å². The Hall–Kier alpha value is -2.17. The van der Waals surface area contributed by atoms with E-state index in [4.69, 9.17) is 0 Å². The van der Waals surface area contributed by atoms with Crippen LogP contribution in [0.5, 0.6) is 0 Å². The Morgan fingerprint density at radius 1 is 1.04 bits per heavy atom. The summed E-state index contributed by atoms with van der Waals surface area (Å²) in [6, 6.07) is 16.5. The van der Waals surface area contributed by atoms with Crippen molar-refractivity contribution in [1.82, 2.24) is 5.32 Å². The second-order valence-corrected chi connectivity index (χ2v) is 5.82. The van der Waals surface area contributed by atoms with Crippen LogP contribution in [0.3, 0.4) is 0 Å². The maximum Gasteiger partial charge on any atom is 0.225 e. The average molecular weight is 345 g/mol. The Morgan fingerprint density at radius 2 is 1.79 bits per heavy atom. The van der Waals surface area contributed by atoms with Crippen molar-refractivity contribution >= 4 is 29.8 Å². The van der Waals surface area contributed by atoms with Gasteiger partial charge < -0.3 is 10.6 Å². The molecule has 0 spiro atoms. The highest BCUT2D eigenvalue weighted by Gasteiger charge is 2.18. The van der Waals surface area contributed by atoms with Crippen LogP contribution < -0.4 is 10.6 Å². The minimum absolute atomic E-state index is 0. The first-order valence-electron chi connectivity index (χ1n) is 7.95. The van der Waals surface area contributed by atoms with Crippen LogP contribution in [0.1, 0.15) is 35.2 Å². The van der Waals surface area contributed by atoms with Crippen LogP contribution in [0.4, 0.5) is 5.69 Å². The quantitative estimate of drug-likeness (QED) is 0.817. The van der Waals surface area contributed by atoms with E-state index in [2.05, 4.69) is 10.6 Å². The van der Waals surface area contributed by atoms with Gasteiger partial charge in [-0.15, -0.1) is 12.4 Å². The van der Waals surface area contributed by atoms with Gasteiger partial charge in [0, 0.05) is 29.3 Å².